The SMILES string of the molecule is Cc1ccc(N2CCC(N3CC[C@@]4(O)CCNC[C@H]4C3)CC2)cc1. The minimum Gasteiger partial charge on any atom is -0.389 e. The average Bonchev–Trinajstić information content (AvgIpc) is 2.62. The molecule has 4 nitrogen and oxygen atoms in total. The Morgan fingerprint density at radius 2 is 1.83 bits per heavy atom. The monoisotopic (exact) mass is 329 g/mol. The van der Waals surface area contributed by atoms with Crippen LogP contribution >= 0.6 is 0 Å². The maximum absolute atomic E-state index is 10.8. The van der Waals surface area contributed by atoms with Crippen LogP contribution in [0.2, 0.25) is 0 Å². The first kappa shape index (κ1) is 16.4. The molecular weight excluding hydrogens is 298 g/mol. The summed E-state index contributed by atoms with van der Waals surface area (Å²) < 4.78 is 0. The summed E-state index contributed by atoms with van der Waals surface area (Å²) in [7, 11) is 0. The summed E-state index contributed by atoms with van der Waals surface area (Å²) in [6.07, 6.45) is 4.37. The Balaban J connectivity index is 1.34. The van der Waals surface area contributed by atoms with E-state index in [0.717, 1.165) is 52.1 Å². The third-order valence-electron chi connectivity index (χ3n) is 6.55. The second kappa shape index (κ2) is 6.66. The molecule has 0 unspecified atom stereocenters. The molecule has 0 saturated carbocycles. The number of nitrogens with one attached hydrogen (secondary N) is 1. The van der Waals surface area contributed by atoms with Gasteiger partial charge in [-0.3, -0.25) is 4.90 Å². The summed E-state index contributed by atoms with van der Waals surface area (Å²) in [4.78, 5) is 5.19. The Morgan fingerprint density at radius 3 is 2.58 bits per heavy atom. The van der Waals surface area contributed by atoms with Gasteiger partial charge in [0.25, 0.3) is 0 Å². The topological polar surface area (TPSA) is 38.7 Å². The molecule has 0 radical (unpaired) electrons. The van der Waals surface area contributed by atoms with Crippen molar-refractivity contribution in [2.45, 2.75) is 44.2 Å². The normalized spacial score (nSPS) is 32.6. The molecule has 4 rings (SSSR count). The first-order valence-corrected chi connectivity index (χ1v) is 9.63. The van der Waals surface area contributed by atoms with Gasteiger partial charge in [0.2, 0.25) is 0 Å². The molecule has 0 aromatic heterocycles. The van der Waals surface area contributed by atoms with Crippen molar-refractivity contribution >= 4 is 5.69 Å². The van der Waals surface area contributed by atoms with Crippen molar-refractivity contribution in [1.82, 2.24) is 10.2 Å². The zero-order chi connectivity index (χ0) is 16.6. The van der Waals surface area contributed by atoms with Crippen molar-refractivity contribution in [2.24, 2.45) is 5.92 Å². The summed E-state index contributed by atoms with van der Waals surface area (Å²) >= 11 is 0. The van der Waals surface area contributed by atoms with E-state index in [1.165, 1.54) is 24.1 Å². The van der Waals surface area contributed by atoms with Crippen LogP contribution in [0.25, 0.3) is 0 Å². The van der Waals surface area contributed by atoms with Crippen LogP contribution in [0.15, 0.2) is 24.3 Å². The van der Waals surface area contributed by atoms with Crippen molar-refractivity contribution in [2.75, 3.05) is 44.2 Å². The predicted octanol–water partition coefficient (Wildman–Crippen LogP) is 2.01. The Labute approximate surface area is 145 Å². The number of likely N-dealkylation sites (tertiary alicyclic amines) is 1. The standard InChI is InChI=1S/C20H31N3O/c1-16-2-4-18(5-3-16)22-11-6-19(7-12-22)23-13-9-20(24)8-10-21-14-17(20)15-23/h2-5,17,19,21,24H,6-15H2,1H3/t17-,20-/m0/s1. The zero-order valence-electron chi connectivity index (χ0n) is 14.9. The summed E-state index contributed by atoms with van der Waals surface area (Å²) in [5.74, 6) is 0.412. The summed E-state index contributed by atoms with van der Waals surface area (Å²) in [6, 6.07) is 9.62. The number of benzene rings is 1. The quantitative estimate of drug-likeness (QED) is 0.871. The second-order valence-electron chi connectivity index (χ2n) is 8.05. The molecule has 24 heavy (non-hydrogen) atoms. The van der Waals surface area contributed by atoms with E-state index < -0.39 is 5.60 Å². The van der Waals surface area contributed by atoms with Crippen molar-refractivity contribution in [3.63, 3.8) is 0 Å². The van der Waals surface area contributed by atoms with E-state index >= 15 is 0 Å². The highest BCUT2D eigenvalue weighted by molar-refractivity contribution is 5.47. The number of rotatable bonds is 2. The van der Waals surface area contributed by atoms with Gasteiger partial charge in [0.15, 0.2) is 0 Å². The van der Waals surface area contributed by atoms with Gasteiger partial charge in [0.1, 0.15) is 0 Å². The van der Waals surface area contributed by atoms with Crippen LogP contribution in [0.4, 0.5) is 5.69 Å². The molecule has 3 aliphatic rings. The Hall–Kier alpha value is -1.10. The summed E-state index contributed by atoms with van der Waals surface area (Å²) in [5, 5.41) is 14.3. The van der Waals surface area contributed by atoms with Gasteiger partial charge in [-0.05, 0) is 51.3 Å². The van der Waals surface area contributed by atoms with Gasteiger partial charge in [0, 0.05) is 50.4 Å². The van der Waals surface area contributed by atoms with Gasteiger partial charge in [-0.15, -0.1) is 0 Å². The van der Waals surface area contributed by atoms with Gasteiger partial charge < -0.3 is 15.3 Å². The number of hydrogen-bond acceptors (Lipinski definition) is 4. The van der Waals surface area contributed by atoms with Crippen molar-refractivity contribution < 1.29 is 5.11 Å². The Morgan fingerprint density at radius 1 is 1.08 bits per heavy atom. The lowest BCUT2D eigenvalue weighted by molar-refractivity contribution is -0.0971. The maximum Gasteiger partial charge on any atom is 0.0724 e. The third-order valence-corrected chi connectivity index (χ3v) is 6.55. The number of aryl methyl sites for hydroxylation is 1. The average molecular weight is 329 g/mol. The smallest absolute Gasteiger partial charge is 0.0724 e. The van der Waals surface area contributed by atoms with Gasteiger partial charge >= 0.3 is 0 Å². The largest absolute Gasteiger partial charge is 0.389 e. The fraction of sp³-hybridized carbons (Fsp3) is 0.700. The van der Waals surface area contributed by atoms with Crippen LogP contribution < -0.4 is 10.2 Å². The number of piperidine rings is 3. The highest BCUT2D eigenvalue weighted by Gasteiger charge is 2.44. The molecule has 2 N–H and O–H groups in total. The van der Waals surface area contributed by atoms with Crippen LogP contribution in [0.1, 0.15) is 31.2 Å². The highest BCUT2D eigenvalue weighted by atomic mass is 16.3. The Kier molecular flexibility index (Phi) is 4.54. The molecule has 2 atom stereocenters. The molecule has 0 amide bonds. The van der Waals surface area contributed by atoms with Crippen LogP contribution in [-0.2, 0) is 0 Å². The number of hydrogen-bond donors (Lipinski definition) is 2. The molecule has 1 aromatic carbocycles. The zero-order valence-corrected chi connectivity index (χ0v) is 14.9. The minimum absolute atomic E-state index is 0.398. The van der Waals surface area contributed by atoms with Crippen LogP contribution in [-0.4, -0.2) is 60.9 Å². The molecule has 3 fully saturated rings. The molecule has 4 heteroatoms. The fourth-order valence-electron chi connectivity index (χ4n) is 4.83. The van der Waals surface area contributed by atoms with Crippen molar-refractivity contribution in [3.8, 4) is 0 Å². The molecule has 132 valence electrons. The van der Waals surface area contributed by atoms with E-state index in [0.29, 0.717) is 12.0 Å². The van der Waals surface area contributed by atoms with Crippen molar-refractivity contribution in [3.05, 3.63) is 29.8 Å². The van der Waals surface area contributed by atoms with Crippen LogP contribution in [0.5, 0.6) is 0 Å². The summed E-state index contributed by atoms with van der Waals surface area (Å²) in [5.41, 5.74) is 2.30. The molecule has 3 aliphatic heterocycles. The van der Waals surface area contributed by atoms with Crippen molar-refractivity contribution in [1.29, 1.82) is 0 Å². The molecule has 0 bridgehead atoms. The number of nitrogens with zero attached hydrogens (tertiary/aromatic N) is 2. The predicted molar refractivity (Wildman–Crippen MR) is 98.5 cm³/mol. The number of fused-ring (bicyclic) bond motifs is 1. The molecular formula is C20H31N3O. The molecule has 1 aromatic rings. The second-order valence-corrected chi connectivity index (χ2v) is 8.05. The Bertz CT molecular complexity index is 553. The van der Waals surface area contributed by atoms with E-state index in [4.69, 9.17) is 0 Å². The lowest BCUT2D eigenvalue weighted by Gasteiger charge is -2.50. The maximum atomic E-state index is 10.8. The molecule has 0 aliphatic carbocycles. The molecule has 3 saturated heterocycles. The van der Waals surface area contributed by atoms with E-state index in [2.05, 4.69) is 46.3 Å². The van der Waals surface area contributed by atoms with Gasteiger partial charge in [0.05, 0.1) is 5.60 Å². The van der Waals surface area contributed by atoms with E-state index in [9.17, 15) is 5.11 Å². The van der Waals surface area contributed by atoms with Crippen LogP contribution in [0, 0.1) is 12.8 Å². The minimum atomic E-state index is -0.398. The van der Waals surface area contributed by atoms with E-state index in [-0.39, 0.29) is 0 Å². The van der Waals surface area contributed by atoms with Crippen LogP contribution in [0.3, 0.4) is 0 Å². The summed E-state index contributed by atoms with van der Waals surface area (Å²) in [6.45, 7) is 8.54. The van der Waals surface area contributed by atoms with E-state index in [1.807, 2.05) is 0 Å². The number of aliphatic hydroxyl groups is 1. The third kappa shape index (κ3) is 3.19. The van der Waals surface area contributed by atoms with Gasteiger partial charge in [-0.2, -0.15) is 0 Å². The molecule has 0 spiro atoms. The fourth-order valence-corrected chi connectivity index (χ4v) is 4.83. The first-order chi connectivity index (χ1) is 11.6. The van der Waals surface area contributed by atoms with Gasteiger partial charge in [-0.1, -0.05) is 17.7 Å². The highest BCUT2D eigenvalue weighted by Crippen LogP contribution is 2.35. The van der Waals surface area contributed by atoms with Gasteiger partial charge in [-0.25, -0.2) is 0 Å². The molecule has 3 heterocycles. The first-order valence-electron chi connectivity index (χ1n) is 9.63. The lowest BCUT2D eigenvalue weighted by Crippen LogP contribution is -2.61. The number of anilines is 1. The van der Waals surface area contributed by atoms with E-state index in [1.54, 1.807) is 0 Å². The lowest BCUT2D eigenvalue weighted by atomic mass is 9.75.